The minimum absolute atomic E-state index is 0.0672. The Kier molecular flexibility index (Phi) is 5.18. The number of carbonyl (C=O) groups is 1. The molecule has 0 bridgehead atoms. The topological polar surface area (TPSA) is 74.0 Å². The highest BCUT2D eigenvalue weighted by atomic mass is 32.1. The molecular formula is C19H21N5OS. The van der Waals surface area contributed by atoms with Crippen molar-refractivity contribution in [2.75, 3.05) is 14.1 Å². The molecule has 2 N–H and O–H groups in total. The number of hydrogen-bond donors (Lipinski definition) is 2. The smallest absolute Gasteiger partial charge is 0.261 e. The Bertz CT molecular complexity index is 924. The Balaban J connectivity index is 1.64. The van der Waals surface area contributed by atoms with E-state index < -0.39 is 0 Å². The molecule has 134 valence electrons. The summed E-state index contributed by atoms with van der Waals surface area (Å²) in [4.78, 5) is 15.7. The molecule has 2 aromatic heterocycles. The Morgan fingerprint density at radius 2 is 1.96 bits per heavy atom. The van der Waals surface area contributed by atoms with Gasteiger partial charge in [0, 0.05) is 42.8 Å². The average molecular weight is 367 g/mol. The van der Waals surface area contributed by atoms with Gasteiger partial charge in [-0.2, -0.15) is 5.10 Å². The Morgan fingerprint density at radius 1 is 1.23 bits per heavy atom. The highest BCUT2D eigenvalue weighted by Crippen LogP contribution is 2.15. The van der Waals surface area contributed by atoms with E-state index in [4.69, 9.17) is 5.41 Å². The molecule has 0 aliphatic carbocycles. The van der Waals surface area contributed by atoms with Crippen LogP contribution in [0.3, 0.4) is 0 Å². The quantitative estimate of drug-likeness (QED) is 0.538. The maximum atomic E-state index is 12.1. The summed E-state index contributed by atoms with van der Waals surface area (Å²) >= 11 is 1.48. The van der Waals surface area contributed by atoms with Gasteiger partial charge < -0.3 is 10.2 Å². The van der Waals surface area contributed by atoms with Gasteiger partial charge in [0.25, 0.3) is 5.91 Å². The number of nitrogens with zero attached hydrogens (tertiary/aromatic N) is 3. The molecule has 6 nitrogen and oxygen atoms in total. The predicted molar refractivity (Wildman–Crippen MR) is 104 cm³/mol. The molecule has 0 atom stereocenters. The van der Waals surface area contributed by atoms with Crippen LogP contribution in [-0.2, 0) is 6.54 Å². The second-order valence-electron chi connectivity index (χ2n) is 6.18. The summed E-state index contributed by atoms with van der Waals surface area (Å²) in [5.74, 6) is 0.395. The standard InChI is InChI=1S/C19H21N5OS/c1-13-4-9-17(26-13)19(25)21-10-14-11-22-24(12-14)16-7-5-15(6-8-16)18(20)23(2)3/h4-9,11-12,20H,10H2,1-3H3,(H,21,25). The average Bonchev–Trinajstić information content (AvgIpc) is 3.28. The normalized spacial score (nSPS) is 10.6. The number of amidine groups is 1. The highest BCUT2D eigenvalue weighted by Gasteiger charge is 2.09. The van der Waals surface area contributed by atoms with Crippen molar-refractivity contribution in [3.63, 3.8) is 0 Å². The number of hydrogen-bond acceptors (Lipinski definition) is 4. The fraction of sp³-hybridized carbons (Fsp3) is 0.211. The maximum absolute atomic E-state index is 12.1. The lowest BCUT2D eigenvalue weighted by Gasteiger charge is -2.13. The minimum atomic E-state index is -0.0672. The number of aromatic nitrogens is 2. The molecule has 0 unspecified atom stereocenters. The first-order chi connectivity index (χ1) is 12.4. The summed E-state index contributed by atoms with van der Waals surface area (Å²) in [6.45, 7) is 2.41. The number of benzene rings is 1. The largest absolute Gasteiger partial charge is 0.363 e. The van der Waals surface area contributed by atoms with Gasteiger partial charge in [0.15, 0.2) is 0 Å². The maximum Gasteiger partial charge on any atom is 0.261 e. The van der Waals surface area contributed by atoms with E-state index in [0.29, 0.717) is 17.3 Å². The van der Waals surface area contributed by atoms with Gasteiger partial charge >= 0.3 is 0 Å². The lowest BCUT2D eigenvalue weighted by molar-refractivity contribution is 0.0955. The third-order valence-electron chi connectivity index (χ3n) is 3.91. The Labute approximate surface area is 156 Å². The molecule has 0 radical (unpaired) electrons. The molecule has 1 aromatic carbocycles. The van der Waals surface area contributed by atoms with E-state index in [1.165, 1.54) is 11.3 Å². The first-order valence-corrected chi connectivity index (χ1v) is 9.00. The Hall–Kier alpha value is -2.93. The van der Waals surface area contributed by atoms with Crippen molar-refractivity contribution in [3.8, 4) is 5.69 Å². The molecule has 0 aliphatic rings. The molecule has 0 aliphatic heterocycles. The van der Waals surface area contributed by atoms with E-state index in [9.17, 15) is 4.79 Å². The zero-order chi connectivity index (χ0) is 18.7. The highest BCUT2D eigenvalue weighted by molar-refractivity contribution is 7.13. The molecule has 1 amide bonds. The fourth-order valence-corrected chi connectivity index (χ4v) is 3.23. The summed E-state index contributed by atoms with van der Waals surface area (Å²) in [7, 11) is 3.70. The van der Waals surface area contributed by atoms with Crippen molar-refractivity contribution in [3.05, 3.63) is 69.7 Å². The lowest BCUT2D eigenvalue weighted by atomic mass is 10.2. The molecule has 3 aromatic rings. The summed E-state index contributed by atoms with van der Waals surface area (Å²) in [6.07, 6.45) is 3.64. The second kappa shape index (κ2) is 7.53. The molecule has 0 spiro atoms. The van der Waals surface area contributed by atoms with Crippen LogP contribution in [0.5, 0.6) is 0 Å². The molecule has 26 heavy (non-hydrogen) atoms. The lowest BCUT2D eigenvalue weighted by Crippen LogP contribution is -2.21. The van der Waals surface area contributed by atoms with Gasteiger partial charge in [0.1, 0.15) is 5.84 Å². The summed E-state index contributed by atoms with van der Waals surface area (Å²) in [5, 5.41) is 15.3. The molecule has 7 heteroatoms. The van der Waals surface area contributed by atoms with Crippen LogP contribution in [0.1, 0.15) is 25.7 Å². The van der Waals surface area contributed by atoms with Crippen LogP contribution in [0.2, 0.25) is 0 Å². The second-order valence-corrected chi connectivity index (χ2v) is 7.46. The first-order valence-electron chi connectivity index (χ1n) is 8.19. The molecule has 0 fully saturated rings. The number of amides is 1. The van der Waals surface area contributed by atoms with E-state index >= 15 is 0 Å². The van der Waals surface area contributed by atoms with Crippen LogP contribution >= 0.6 is 11.3 Å². The molecule has 3 rings (SSSR count). The molecule has 0 saturated heterocycles. The predicted octanol–water partition coefficient (Wildman–Crippen LogP) is 3.06. The van der Waals surface area contributed by atoms with Gasteiger partial charge in [-0.05, 0) is 43.3 Å². The van der Waals surface area contributed by atoms with Crippen molar-refractivity contribution in [1.82, 2.24) is 20.0 Å². The zero-order valence-corrected chi connectivity index (χ0v) is 15.8. The first kappa shape index (κ1) is 17.9. The van der Waals surface area contributed by atoms with Crippen LogP contribution in [0.4, 0.5) is 0 Å². The van der Waals surface area contributed by atoms with E-state index in [1.807, 2.05) is 63.6 Å². The van der Waals surface area contributed by atoms with Crippen LogP contribution in [0.15, 0.2) is 48.8 Å². The van der Waals surface area contributed by atoms with Crippen LogP contribution < -0.4 is 5.32 Å². The monoisotopic (exact) mass is 367 g/mol. The van der Waals surface area contributed by atoms with Crippen molar-refractivity contribution >= 4 is 23.1 Å². The third kappa shape index (κ3) is 4.00. The van der Waals surface area contributed by atoms with Gasteiger partial charge in [-0.25, -0.2) is 4.68 Å². The number of nitrogens with one attached hydrogen (secondary N) is 2. The number of aryl methyl sites for hydroxylation is 1. The van der Waals surface area contributed by atoms with E-state index in [1.54, 1.807) is 15.8 Å². The SMILES string of the molecule is Cc1ccc(C(=O)NCc2cnn(-c3ccc(C(=N)N(C)C)cc3)c2)s1. The Morgan fingerprint density at radius 3 is 2.58 bits per heavy atom. The van der Waals surface area contributed by atoms with Gasteiger partial charge in [0.05, 0.1) is 16.8 Å². The van der Waals surface area contributed by atoms with E-state index in [0.717, 1.165) is 21.7 Å². The number of thiophene rings is 1. The summed E-state index contributed by atoms with van der Waals surface area (Å²) < 4.78 is 1.76. The van der Waals surface area contributed by atoms with Gasteiger partial charge in [-0.1, -0.05) is 0 Å². The van der Waals surface area contributed by atoms with Gasteiger partial charge in [-0.15, -0.1) is 11.3 Å². The van der Waals surface area contributed by atoms with Gasteiger partial charge in [-0.3, -0.25) is 10.2 Å². The third-order valence-corrected chi connectivity index (χ3v) is 4.91. The zero-order valence-electron chi connectivity index (χ0n) is 15.0. The van der Waals surface area contributed by atoms with Crippen LogP contribution in [0, 0.1) is 12.3 Å². The number of rotatable bonds is 5. The van der Waals surface area contributed by atoms with Crippen molar-refractivity contribution in [1.29, 1.82) is 5.41 Å². The van der Waals surface area contributed by atoms with Crippen molar-refractivity contribution in [2.24, 2.45) is 0 Å². The van der Waals surface area contributed by atoms with E-state index in [-0.39, 0.29) is 5.91 Å². The molecule has 0 saturated carbocycles. The van der Waals surface area contributed by atoms with Crippen LogP contribution in [0.25, 0.3) is 5.69 Å². The summed E-state index contributed by atoms with van der Waals surface area (Å²) in [5.41, 5.74) is 2.69. The fourth-order valence-electron chi connectivity index (χ4n) is 2.45. The molecular weight excluding hydrogens is 346 g/mol. The number of carbonyl (C=O) groups excluding carboxylic acids is 1. The van der Waals surface area contributed by atoms with E-state index in [2.05, 4.69) is 10.4 Å². The van der Waals surface area contributed by atoms with Crippen LogP contribution in [-0.4, -0.2) is 40.5 Å². The summed E-state index contributed by atoms with van der Waals surface area (Å²) in [6, 6.07) is 11.4. The van der Waals surface area contributed by atoms with Crippen molar-refractivity contribution in [2.45, 2.75) is 13.5 Å². The minimum Gasteiger partial charge on any atom is -0.363 e. The van der Waals surface area contributed by atoms with Gasteiger partial charge in [0.2, 0.25) is 0 Å². The van der Waals surface area contributed by atoms with Crippen molar-refractivity contribution < 1.29 is 4.79 Å². The molecule has 2 heterocycles.